The van der Waals surface area contributed by atoms with E-state index in [4.69, 9.17) is 4.74 Å². The number of ether oxygens (including phenoxy) is 1. The molecule has 0 heterocycles. The first-order valence-corrected chi connectivity index (χ1v) is 8.79. The lowest BCUT2D eigenvalue weighted by Gasteiger charge is -2.41. The summed E-state index contributed by atoms with van der Waals surface area (Å²) in [6, 6.07) is 0. The van der Waals surface area contributed by atoms with Gasteiger partial charge in [-0.1, -0.05) is 20.3 Å². The summed E-state index contributed by atoms with van der Waals surface area (Å²) < 4.78 is 6.04. The summed E-state index contributed by atoms with van der Waals surface area (Å²) in [6.45, 7) is 7.27. The normalized spacial score (nSPS) is 38.6. The standard InChI is InChI=1S/C18H32O2/c1-4-15-6-8-16(9-7-15)17(19)18(20-5-2)12-10-14(3)11-13-18/h14-16H,4-13H2,1-3H3. The lowest BCUT2D eigenvalue weighted by molar-refractivity contribution is -0.156. The maximum absolute atomic E-state index is 13.0. The average molecular weight is 280 g/mol. The highest BCUT2D eigenvalue weighted by molar-refractivity contribution is 5.89. The van der Waals surface area contributed by atoms with Crippen molar-refractivity contribution in [3.63, 3.8) is 0 Å². The molecule has 2 saturated carbocycles. The molecule has 0 bridgehead atoms. The van der Waals surface area contributed by atoms with Crippen LogP contribution in [0.25, 0.3) is 0 Å². The van der Waals surface area contributed by atoms with Crippen molar-refractivity contribution in [2.45, 2.75) is 84.2 Å². The molecule has 0 aliphatic heterocycles. The van der Waals surface area contributed by atoms with Crippen LogP contribution < -0.4 is 0 Å². The molecule has 2 heteroatoms. The van der Waals surface area contributed by atoms with Crippen molar-refractivity contribution < 1.29 is 9.53 Å². The Bertz CT molecular complexity index is 307. The van der Waals surface area contributed by atoms with Crippen molar-refractivity contribution >= 4 is 5.78 Å². The first kappa shape index (κ1) is 16.0. The summed E-state index contributed by atoms with van der Waals surface area (Å²) in [5.41, 5.74) is -0.426. The molecular formula is C18H32O2. The van der Waals surface area contributed by atoms with E-state index in [0.717, 1.165) is 50.4 Å². The van der Waals surface area contributed by atoms with Crippen LogP contribution in [-0.4, -0.2) is 18.0 Å². The van der Waals surface area contributed by atoms with Gasteiger partial charge in [0.25, 0.3) is 0 Å². The second-order valence-electron chi connectivity index (χ2n) is 7.10. The molecule has 0 amide bonds. The SMILES string of the molecule is CCOC1(C(=O)C2CCC(CC)CC2)CCC(C)CC1. The van der Waals surface area contributed by atoms with E-state index in [1.165, 1.54) is 19.3 Å². The Kier molecular flexibility index (Phi) is 5.65. The van der Waals surface area contributed by atoms with Gasteiger partial charge in [-0.15, -0.1) is 0 Å². The third kappa shape index (κ3) is 3.44. The van der Waals surface area contributed by atoms with Gasteiger partial charge in [0.2, 0.25) is 0 Å². The predicted octanol–water partition coefficient (Wildman–Crippen LogP) is 4.76. The zero-order chi connectivity index (χ0) is 14.6. The summed E-state index contributed by atoms with van der Waals surface area (Å²) in [5.74, 6) is 2.33. The monoisotopic (exact) mass is 280 g/mol. The smallest absolute Gasteiger partial charge is 0.167 e. The quantitative estimate of drug-likeness (QED) is 0.726. The molecule has 0 aromatic carbocycles. The Morgan fingerprint density at radius 1 is 1.05 bits per heavy atom. The van der Waals surface area contributed by atoms with E-state index in [-0.39, 0.29) is 5.92 Å². The number of rotatable bonds is 5. The van der Waals surface area contributed by atoms with Crippen LogP contribution in [-0.2, 0) is 9.53 Å². The Balaban J connectivity index is 2.00. The average Bonchev–Trinajstić information content (AvgIpc) is 2.49. The van der Waals surface area contributed by atoms with E-state index in [1.54, 1.807) is 0 Å². The minimum atomic E-state index is -0.426. The molecule has 0 spiro atoms. The van der Waals surface area contributed by atoms with Crippen molar-refractivity contribution in [3.8, 4) is 0 Å². The second kappa shape index (κ2) is 7.06. The van der Waals surface area contributed by atoms with Crippen LogP contribution >= 0.6 is 0 Å². The highest BCUT2D eigenvalue weighted by Gasteiger charge is 2.45. The Morgan fingerprint density at radius 3 is 2.15 bits per heavy atom. The molecule has 0 N–H and O–H groups in total. The third-order valence-corrected chi connectivity index (χ3v) is 5.75. The summed E-state index contributed by atoms with van der Waals surface area (Å²) in [5, 5.41) is 0. The van der Waals surface area contributed by atoms with E-state index < -0.39 is 5.60 Å². The molecule has 0 atom stereocenters. The van der Waals surface area contributed by atoms with E-state index >= 15 is 0 Å². The zero-order valence-corrected chi connectivity index (χ0v) is 13.6. The Morgan fingerprint density at radius 2 is 1.65 bits per heavy atom. The number of hydrogen-bond acceptors (Lipinski definition) is 2. The van der Waals surface area contributed by atoms with Crippen molar-refractivity contribution in [2.24, 2.45) is 17.8 Å². The van der Waals surface area contributed by atoms with Gasteiger partial charge in [-0.3, -0.25) is 4.79 Å². The fourth-order valence-corrected chi connectivity index (χ4v) is 4.17. The number of hydrogen-bond donors (Lipinski definition) is 0. The van der Waals surface area contributed by atoms with Gasteiger partial charge in [-0.05, 0) is 70.1 Å². The summed E-state index contributed by atoms with van der Waals surface area (Å²) in [6.07, 6.45) is 10.2. The first-order chi connectivity index (χ1) is 9.61. The highest BCUT2D eigenvalue weighted by Crippen LogP contribution is 2.41. The Hall–Kier alpha value is -0.370. The third-order valence-electron chi connectivity index (χ3n) is 5.75. The predicted molar refractivity (Wildman–Crippen MR) is 82.7 cm³/mol. The fraction of sp³-hybridized carbons (Fsp3) is 0.944. The number of ketones is 1. The molecule has 2 aliphatic rings. The van der Waals surface area contributed by atoms with E-state index in [1.807, 2.05) is 6.92 Å². The van der Waals surface area contributed by atoms with Gasteiger partial charge in [-0.25, -0.2) is 0 Å². The second-order valence-corrected chi connectivity index (χ2v) is 7.10. The van der Waals surface area contributed by atoms with Gasteiger partial charge in [0, 0.05) is 12.5 Å². The van der Waals surface area contributed by atoms with Gasteiger partial charge in [0.05, 0.1) is 0 Å². The molecule has 2 aliphatic carbocycles. The van der Waals surface area contributed by atoms with Gasteiger partial charge in [-0.2, -0.15) is 0 Å². The lowest BCUT2D eigenvalue weighted by Crippen LogP contribution is -2.48. The minimum absolute atomic E-state index is 0.276. The van der Waals surface area contributed by atoms with Gasteiger partial charge >= 0.3 is 0 Å². The molecule has 2 fully saturated rings. The van der Waals surface area contributed by atoms with Crippen LogP contribution in [0.3, 0.4) is 0 Å². The molecule has 116 valence electrons. The largest absolute Gasteiger partial charge is 0.367 e. The van der Waals surface area contributed by atoms with Crippen molar-refractivity contribution in [3.05, 3.63) is 0 Å². The molecule has 0 unspecified atom stereocenters. The summed E-state index contributed by atoms with van der Waals surface area (Å²) in [4.78, 5) is 13.0. The molecule has 0 saturated heterocycles. The molecule has 0 aromatic rings. The Labute approximate surface area is 124 Å². The topological polar surface area (TPSA) is 26.3 Å². The lowest BCUT2D eigenvalue weighted by atomic mass is 9.70. The van der Waals surface area contributed by atoms with E-state index in [2.05, 4.69) is 13.8 Å². The van der Waals surface area contributed by atoms with Crippen molar-refractivity contribution in [1.82, 2.24) is 0 Å². The maximum Gasteiger partial charge on any atom is 0.167 e. The van der Waals surface area contributed by atoms with Gasteiger partial charge < -0.3 is 4.74 Å². The van der Waals surface area contributed by atoms with Gasteiger partial charge in [0.15, 0.2) is 5.78 Å². The molecule has 0 radical (unpaired) electrons. The summed E-state index contributed by atoms with van der Waals surface area (Å²) >= 11 is 0. The highest BCUT2D eigenvalue weighted by atomic mass is 16.5. The van der Waals surface area contributed by atoms with Crippen LogP contribution in [0, 0.1) is 17.8 Å². The van der Waals surface area contributed by atoms with E-state index in [0.29, 0.717) is 12.4 Å². The number of carbonyl (C=O) groups is 1. The van der Waals surface area contributed by atoms with Crippen LogP contribution in [0.5, 0.6) is 0 Å². The molecular weight excluding hydrogens is 248 g/mol. The van der Waals surface area contributed by atoms with Gasteiger partial charge in [0.1, 0.15) is 5.60 Å². The van der Waals surface area contributed by atoms with Crippen LogP contribution in [0.15, 0.2) is 0 Å². The van der Waals surface area contributed by atoms with E-state index in [9.17, 15) is 4.79 Å². The number of Topliss-reactive ketones (excluding diaryl/α,β-unsaturated/α-hetero) is 1. The molecule has 20 heavy (non-hydrogen) atoms. The zero-order valence-electron chi connectivity index (χ0n) is 13.6. The summed E-state index contributed by atoms with van der Waals surface area (Å²) in [7, 11) is 0. The molecule has 2 nitrogen and oxygen atoms in total. The van der Waals surface area contributed by atoms with Crippen LogP contribution in [0.2, 0.25) is 0 Å². The van der Waals surface area contributed by atoms with Crippen molar-refractivity contribution in [1.29, 1.82) is 0 Å². The van der Waals surface area contributed by atoms with Crippen molar-refractivity contribution in [2.75, 3.05) is 6.61 Å². The maximum atomic E-state index is 13.0. The molecule has 2 rings (SSSR count). The molecule has 0 aromatic heterocycles. The fourth-order valence-electron chi connectivity index (χ4n) is 4.17. The van der Waals surface area contributed by atoms with Crippen LogP contribution in [0.1, 0.15) is 78.6 Å². The minimum Gasteiger partial charge on any atom is -0.367 e. The number of carbonyl (C=O) groups excluding carboxylic acids is 1. The van der Waals surface area contributed by atoms with Crippen LogP contribution in [0.4, 0.5) is 0 Å². The first-order valence-electron chi connectivity index (χ1n) is 8.79.